The fourth-order valence-electron chi connectivity index (χ4n) is 3.35. The van der Waals surface area contributed by atoms with Crippen LogP contribution in [0.1, 0.15) is 41.7 Å². The first-order valence-corrected chi connectivity index (χ1v) is 10.1. The normalized spacial score (nSPS) is 14.5. The summed E-state index contributed by atoms with van der Waals surface area (Å²) in [6.07, 6.45) is 2.56. The van der Waals surface area contributed by atoms with Crippen LogP contribution in [-0.2, 0) is 0 Å². The zero-order valence-corrected chi connectivity index (χ0v) is 17.6. The van der Waals surface area contributed by atoms with E-state index in [0.717, 1.165) is 18.8 Å². The molecule has 2 N–H and O–H groups in total. The second-order valence-corrected chi connectivity index (χ2v) is 7.79. The Kier molecular flexibility index (Phi) is 6.52. The van der Waals surface area contributed by atoms with Gasteiger partial charge in [-0.25, -0.2) is 0 Å². The second kappa shape index (κ2) is 9.06. The molecule has 1 aliphatic heterocycles. The molecule has 1 saturated heterocycles. The fourth-order valence-corrected chi connectivity index (χ4v) is 3.65. The molecule has 0 saturated carbocycles. The molecule has 5 nitrogen and oxygen atoms in total. The molecule has 3 rings (SSSR count). The van der Waals surface area contributed by atoms with Gasteiger partial charge in [-0.15, -0.1) is 0 Å². The number of carbonyl (C=O) groups excluding carboxylic acids is 1. The summed E-state index contributed by atoms with van der Waals surface area (Å²) in [4.78, 5) is 15.9. The quantitative estimate of drug-likeness (QED) is 0.747. The summed E-state index contributed by atoms with van der Waals surface area (Å²) in [6, 6.07) is 16.1. The van der Waals surface area contributed by atoms with E-state index in [2.05, 4.69) is 46.7 Å². The van der Waals surface area contributed by atoms with Crippen LogP contribution < -0.4 is 15.5 Å². The largest absolute Gasteiger partial charge is 0.372 e. The van der Waals surface area contributed by atoms with Crippen LogP contribution in [-0.4, -0.2) is 43.1 Å². The lowest BCUT2D eigenvalue weighted by molar-refractivity contribution is 0.0827. The molecule has 0 aliphatic carbocycles. The van der Waals surface area contributed by atoms with E-state index in [1.807, 2.05) is 12.1 Å². The molecule has 0 unspecified atom stereocenters. The molecule has 1 amide bonds. The number of carbonyl (C=O) groups is 1. The first-order valence-electron chi connectivity index (χ1n) is 9.68. The maximum atomic E-state index is 12.0. The summed E-state index contributed by atoms with van der Waals surface area (Å²) < 4.78 is 0. The lowest BCUT2D eigenvalue weighted by atomic mass is 10.1. The van der Waals surface area contributed by atoms with Crippen molar-refractivity contribution >= 4 is 34.6 Å². The number of benzene rings is 2. The Bertz CT molecular complexity index is 811. The standard InChI is InChI=1S/C22H28N4OS/c1-16(17-8-12-20(13-9-17)26-14-4-5-15-26)23-22(28)24-19-10-6-18(7-11-19)21(27)25(2)3/h6-13,16H,4-5,14-15H2,1-3H3,(H2,23,24,28)/t16-/m1/s1. The zero-order valence-electron chi connectivity index (χ0n) is 16.7. The molecule has 1 aliphatic rings. The second-order valence-electron chi connectivity index (χ2n) is 7.38. The number of amides is 1. The van der Waals surface area contributed by atoms with E-state index < -0.39 is 0 Å². The fraction of sp³-hybridized carbons (Fsp3) is 0.364. The Morgan fingerprint density at radius 1 is 1.04 bits per heavy atom. The Hall–Kier alpha value is -2.60. The third-order valence-electron chi connectivity index (χ3n) is 5.01. The van der Waals surface area contributed by atoms with E-state index in [4.69, 9.17) is 12.2 Å². The maximum absolute atomic E-state index is 12.0. The van der Waals surface area contributed by atoms with Crippen molar-refractivity contribution in [3.8, 4) is 0 Å². The van der Waals surface area contributed by atoms with Crippen LogP contribution in [0.4, 0.5) is 11.4 Å². The van der Waals surface area contributed by atoms with E-state index in [-0.39, 0.29) is 11.9 Å². The van der Waals surface area contributed by atoms with Crippen molar-refractivity contribution in [1.82, 2.24) is 10.2 Å². The van der Waals surface area contributed by atoms with Crippen LogP contribution in [0.2, 0.25) is 0 Å². The average Bonchev–Trinajstić information content (AvgIpc) is 3.22. The summed E-state index contributed by atoms with van der Waals surface area (Å²) in [5, 5.41) is 7.06. The summed E-state index contributed by atoms with van der Waals surface area (Å²) in [6.45, 7) is 4.40. The van der Waals surface area contributed by atoms with Crippen LogP contribution >= 0.6 is 12.2 Å². The SMILES string of the molecule is C[C@@H](NC(=S)Nc1ccc(C(=O)N(C)C)cc1)c1ccc(N2CCCC2)cc1. The highest BCUT2D eigenvalue weighted by atomic mass is 32.1. The van der Waals surface area contributed by atoms with Gasteiger partial charge in [0.05, 0.1) is 6.04 Å². The first-order chi connectivity index (χ1) is 13.4. The smallest absolute Gasteiger partial charge is 0.253 e. The number of hydrogen-bond acceptors (Lipinski definition) is 3. The summed E-state index contributed by atoms with van der Waals surface area (Å²) >= 11 is 5.45. The van der Waals surface area contributed by atoms with E-state index in [1.165, 1.54) is 24.1 Å². The molecule has 1 fully saturated rings. The van der Waals surface area contributed by atoms with Gasteiger partial charge in [-0.1, -0.05) is 12.1 Å². The lowest BCUT2D eigenvalue weighted by Crippen LogP contribution is -2.31. The maximum Gasteiger partial charge on any atom is 0.253 e. The first kappa shape index (κ1) is 20.1. The van der Waals surface area contributed by atoms with E-state index >= 15 is 0 Å². The molecule has 2 aromatic rings. The van der Waals surface area contributed by atoms with Crippen LogP contribution in [0.15, 0.2) is 48.5 Å². The van der Waals surface area contributed by atoms with Gasteiger partial charge in [0.15, 0.2) is 5.11 Å². The molecule has 28 heavy (non-hydrogen) atoms. The highest BCUT2D eigenvalue weighted by Gasteiger charge is 2.13. The summed E-state index contributed by atoms with van der Waals surface area (Å²) in [7, 11) is 3.49. The molecule has 0 spiro atoms. The molecular formula is C22H28N4OS. The van der Waals surface area contributed by atoms with Crippen molar-refractivity contribution in [2.45, 2.75) is 25.8 Å². The average molecular weight is 397 g/mol. The monoisotopic (exact) mass is 396 g/mol. The van der Waals surface area contributed by atoms with Crippen LogP contribution in [0.3, 0.4) is 0 Å². The van der Waals surface area contributed by atoms with Gasteiger partial charge in [0.25, 0.3) is 5.91 Å². The molecule has 0 bridgehead atoms. The summed E-state index contributed by atoms with van der Waals surface area (Å²) in [5.41, 5.74) is 3.99. The highest BCUT2D eigenvalue weighted by molar-refractivity contribution is 7.80. The number of rotatable bonds is 5. The third kappa shape index (κ3) is 5.01. The van der Waals surface area contributed by atoms with Crippen molar-refractivity contribution in [1.29, 1.82) is 0 Å². The Morgan fingerprint density at radius 3 is 2.21 bits per heavy atom. The van der Waals surface area contributed by atoms with E-state index in [0.29, 0.717) is 10.7 Å². The molecule has 148 valence electrons. The van der Waals surface area contributed by atoms with Gasteiger partial charge in [0, 0.05) is 44.1 Å². The minimum Gasteiger partial charge on any atom is -0.372 e. The van der Waals surface area contributed by atoms with Gasteiger partial charge in [-0.05, 0) is 73.9 Å². The molecule has 6 heteroatoms. The van der Waals surface area contributed by atoms with E-state index in [9.17, 15) is 4.79 Å². The minimum absolute atomic E-state index is 0.0155. The van der Waals surface area contributed by atoms with E-state index in [1.54, 1.807) is 31.1 Å². The molecule has 0 aromatic heterocycles. The number of thiocarbonyl (C=S) groups is 1. The third-order valence-corrected chi connectivity index (χ3v) is 5.23. The van der Waals surface area contributed by atoms with Crippen molar-refractivity contribution in [3.63, 3.8) is 0 Å². The van der Waals surface area contributed by atoms with Gasteiger partial charge < -0.3 is 20.4 Å². The number of nitrogens with one attached hydrogen (secondary N) is 2. The van der Waals surface area contributed by atoms with Crippen molar-refractivity contribution in [2.24, 2.45) is 0 Å². The van der Waals surface area contributed by atoms with Gasteiger partial charge in [-0.3, -0.25) is 4.79 Å². The van der Waals surface area contributed by atoms with Gasteiger partial charge in [-0.2, -0.15) is 0 Å². The van der Waals surface area contributed by atoms with Crippen LogP contribution in [0.5, 0.6) is 0 Å². The van der Waals surface area contributed by atoms with Crippen LogP contribution in [0, 0.1) is 0 Å². The number of nitrogens with zero attached hydrogens (tertiary/aromatic N) is 2. The Morgan fingerprint density at radius 2 is 1.64 bits per heavy atom. The molecule has 1 heterocycles. The predicted octanol–water partition coefficient (Wildman–Crippen LogP) is 4.04. The molecule has 2 aromatic carbocycles. The lowest BCUT2D eigenvalue weighted by Gasteiger charge is -2.20. The zero-order chi connectivity index (χ0) is 20.1. The van der Waals surface area contributed by atoms with Crippen molar-refractivity contribution in [3.05, 3.63) is 59.7 Å². The molecular weight excluding hydrogens is 368 g/mol. The van der Waals surface area contributed by atoms with Crippen molar-refractivity contribution in [2.75, 3.05) is 37.4 Å². The topological polar surface area (TPSA) is 47.6 Å². The highest BCUT2D eigenvalue weighted by Crippen LogP contribution is 2.22. The van der Waals surface area contributed by atoms with Gasteiger partial charge in [0.2, 0.25) is 0 Å². The number of anilines is 2. The Balaban J connectivity index is 1.54. The predicted molar refractivity (Wildman–Crippen MR) is 120 cm³/mol. The molecule has 0 radical (unpaired) electrons. The van der Waals surface area contributed by atoms with Crippen LogP contribution in [0.25, 0.3) is 0 Å². The van der Waals surface area contributed by atoms with Crippen molar-refractivity contribution < 1.29 is 4.79 Å². The number of hydrogen-bond donors (Lipinski definition) is 2. The van der Waals surface area contributed by atoms with Gasteiger partial charge >= 0.3 is 0 Å². The molecule has 1 atom stereocenters. The summed E-state index contributed by atoms with van der Waals surface area (Å²) in [5.74, 6) is -0.0155. The van der Waals surface area contributed by atoms with Gasteiger partial charge in [0.1, 0.15) is 0 Å². The minimum atomic E-state index is -0.0155. The Labute approximate surface area is 172 Å².